The first kappa shape index (κ1) is 15.2. The van der Waals surface area contributed by atoms with Gasteiger partial charge in [-0.25, -0.2) is 9.18 Å². The predicted octanol–water partition coefficient (Wildman–Crippen LogP) is 2.65. The first-order valence-corrected chi connectivity index (χ1v) is 6.77. The van der Waals surface area contributed by atoms with Gasteiger partial charge >= 0.3 is 5.97 Å². The molecule has 1 aromatic heterocycles. The van der Waals surface area contributed by atoms with Crippen LogP contribution in [0.5, 0.6) is 0 Å². The normalized spacial score (nSPS) is 10.2. The maximum atomic E-state index is 13.4. The molecular weight excluding hydrogens is 345 g/mol. The molecule has 0 aliphatic carbocycles. The van der Waals surface area contributed by atoms with Gasteiger partial charge in [0.25, 0.3) is 5.91 Å². The van der Waals surface area contributed by atoms with Crippen molar-refractivity contribution in [3.05, 3.63) is 58.2 Å². The Balaban J connectivity index is 1.83. The quantitative estimate of drug-likeness (QED) is 0.837. The monoisotopic (exact) mass is 355 g/mol. The van der Waals surface area contributed by atoms with E-state index in [4.69, 9.17) is 9.15 Å². The smallest absolute Gasteiger partial charge is 0.341 e. The van der Waals surface area contributed by atoms with Crippen LogP contribution in [0.4, 0.5) is 4.39 Å². The van der Waals surface area contributed by atoms with Gasteiger partial charge in [0.05, 0.1) is 18.4 Å². The van der Waals surface area contributed by atoms with Crippen LogP contribution in [0.15, 0.2) is 45.5 Å². The van der Waals surface area contributed by atoms with E-state index in [-0.39, 0.29) is 12.1 Å². The number of esters is 1. The number of benzene rings is 1. The van der Waals surface area contributed by atoms with Gasteiger partial charge < -0.3 is 14.5 Å². The molecule has 2 aromatic rings. The van der Waals surface area contributed by atoms with Crippen LogP contribution < -0.4 is 5.32 Å². The van der Waals surface area contributed by atoms with Crippen LogP contribution in [0.1, 0.15) is 16.1 Å². The maximum absolute atomic E-state index is 13.4. The number of amides is 1. The summed E-state index contributed by atoms with van der Waals surface area (Å²) in [5, 5.41) is 2.50. The molecule has 0 atom stereocenters. The maximum Gasteiger partial charge on any atom is 0.341 e. The average Bonchev–Trinajstić information content (AvgIpc) is 2.98. The molecule has 1 amide bonds. The lowest BCUT2D eigenvalue weighted by molar-refractivity contribution is -0.124. The van der Waals surface area contributed by atoms with E-state index < -0.39 is 24.3 Å². The van der Waals surface area contributed by atoms with Gasteiger partial charge in [0.1, 0.15) is 11.6 Å². The van der Waals surface area contributed by atoms with Crippen molar-refractivity contribution in [2.45, 2.75) is 6.54 Å². The van der Waals surface area contributed by atoms with Gasteiger partial charge in [0.15, 0.2) is 6.61 Å². The molecule has 7 heteroatoms. The molecule has 0 aliphatic heterocycles. The molecule has 1 heterocycles. The van der Waals surface area contributed by atoms with Crippen LogP contribution >= 0.6 is 15.9 Å². The van der Waals surface area contributed by atoms with Gasteiger partial charge in [-0.3, -0.25) is 4.79 Å². The average molecular weight is 356 g/mol. The zero-order valence-corrected chi connectivity index (χ0v) is 12.4. The van der Waals surface area contributed by atoms with E-state index in [0.29, 0.717) is 10.2 Å². The summed E-state index contributed by atoms with van der Waals surface area (Å²) in [5.74, 6) is -1.54. The van der Waals surface area contributed by atoms with E-state index in [1.807, 2.05) is 0 Å². The number of rotatable bonds is 5. The van der Waals surface area contributed by atoms with E-state index in [0.717, 1.165) is 6.07 Å². The molecule has 0 aliphatic rings. The molecule has 1 aromatic carbocycles. The molecule has 2 rings (SSSR count). The number of nitrogens with one attached hydrogen (secondary N) is 1. The van der Waals surface area contributed by atoms with E-state index in [9.17, 15) is 14.0 Å². The van der Waals surface area contributed by atoms with Gasteiger partial charge in [0.2, 0.25) is 0 Å². The molecule has 110 valence electrons. The Morgan fingerprint density at radius 1 is 1.33 bits per heavy atom. The summed E-state index contributed by atoms with van der Waals surface area (Å²) in [7, 11) is 0. The highest BCUT2D eigenvalue weighted by atomic mass is 79.9. The molecule has 0 bridgehead atoms. The molecule has 0 unspecified atom stereocenters. The molecule has 0 saturated carbocycles. The van der Waals surface area contributed by atoms with Gasteiger partial charge in [-0.1, -0.05) is 15.9 Å². The Kier molecular flexibility index (Phi) is 5.10. The Labute approximate surface area is 128 Å². The number of carbonyl (C=O) groups excluding carboxylic acids is 2. The minimum Gasteiger partial charge on any atom is -0.467 e. The Hall–Kier alpha value is -2.15. The standard InChI is InChI=1S/C14H11BrFNO4/c15-9-3-4-12(16)11(6-9)14(19)21-8-13(18)17-7-10-2-1-5-20-10/h1-6H,7-8H2,(H,17,18). The fourth-order valence-electron chi connectivity index (χ4n) is 1.51. The van der Waals surface area contributed by atoms with Crippen LogP contribution in [0.3, 0.4) is 0 Å². The van der Waals surface area contributed by atoms with Crippen molar-refractivity contribution < 1.29 is 23.1 Å². The summed E-state index contributed by atoms with van der Waals surface area (Å²) >= 11 is 3.13. The van der Waals surface area contributed by atoms with E-state index in [1.165, 1.54) is 18.4 Å². The van der Waals surface area contributed by atoms with Crippen molar-refractivity contribution in [2.75, 3.05) is 6.61 Å². The molecule has 0 spiro atoms. The number of hydrogen-bond donors (Lipinski definition) is 1. The highest BCUT2D eigenvalue weighted by Gasteiger charge is 2.15. The van der Waals surface area contributed by atoms with Crippen LogP contribution in [-0.4, -0.2) is 18.5 Å². The van der Waals surface area contributed by atoms with Crippen LogP contribution in [0, 0.1) is 5.82 Å². The molecular formula is C14H11BrFNO4. The highest BCUT2D eigenvalue weighted by Crippen LogP contribution is 2.16. The first-order valence-electron chi connectivity index (χ1n) is 5.97. The SMILES string of the molecule is O=C(COC(=O)c1cc(Br)ccc1F)NCc1ccco1. The number of hydrogen-bond acceptors (Lipinski definition) is 4. The topological polar surface area (TPSA) is 68.5 Å². The Morgan fingerprint density at radius 2 is 2.14 bits per heavy atom. The largest absolute Gasteiger partial charge is 0.467 e. The zero-order chi connectivity index (χ0) is 15.2. The van der Waals surface area contributed by atoms with Crippen molar-refractivity contribution >= 4 is 27.8 Å². The minimum absolute atomic E-state index is 0.189. The van der Waals surface area contributed by atoms with Crippen molar-refractivity contribution in [1.82, 2.24) is 5.32 Å². The van der Waals surface area contributed by atoms with E-state index >= 15 is 0 Å². The van der Waals surface area contributed by atoms with E-state index in [1.54, 1.807) is 12.1 Å². The lowest BCUT2D eigenvalue weighted by Gasteiger charge is -2.06. The number of carbonyl (C=O) groups is 2. The number of furan rings is 1. The molecule has 1 N–H and O–H groups in total. The third kappa shape index (κ3) is 4.42. The van der Waals surface area contributed by atoms with Gasteiger partial charge in [-0.05, 0) is 30.3 Å². The van der Waals surface area contributed by atoms with Crippen LogP contribution in [-0.2, 0) is 16.1 Å². The molecule has 0 radical (unpaired) electrons. The third-order valence-electron chi connectivity index (χ3n) is 2.52. The number of ether oxygens (including phenoxy) is 1. The van der Waals surface area contributed by atoms with Crippen LogP contribution in [0.2, 0.25) is 0 Å². The second-order valence-electron chi connectivity index (χ2n) is 4.06. The van der Waals surface area contributed by atoms with Crippen molar-refractivity contribution in [1.29, 1.82) is 0 Å². The second kappa shape index (κ2) is 7.03. The van der Waals surface area contributed by atoms with Crippen LogP contribution in [0.25, 0.3) is 0 Å². The number of halogens is 2. The predicted molar refractivity (Wildman–Crippen MR) is 74.9 cm³/mol. The molecule has 0 fully saturated rings. The Bertz CT molecular complexity index is 642. The lowest BCUT2D eigenvalue weighted by atomic mass is 10.2. The summed E-state index contributed by atoms with van der Waals surface area (Å²) < 4.78 is 23.8. The Morgan fingerprint density at radius 3 is 2.86 bits per heavy atom. The molecule has 5 nitrogen and oxygen atoms in total. The molecule has 0 saturated heterocycles. The summed E-state index contributed by atoms with van der Waals surface area (Å²) in [6.07, 6.45) is 1.48. The van der Waals surface area contributed by atoms with Gasteiger partial charge in [-0.2, -0.15) is 0 Å². The molecule has 21 heavy (non-hydrogen) atoms. The summed E-state index contributed by atoms with van der Waals surface area (Å²) in [6.45, 7) is -0.305. The van der Waals surface area contributed by atoms with Crippen molar-refractivity contribution in [2.24, 2.45) is 0 Å². The third-order valence-corrected chi connectivity index (χ3v) is 3.02. The fraction of sp³-hybridized carbons (Fsp3) is 0.143. The summed E-state index contributed by atoms with van der Waals surface area (Å²) in [5.41, 5.74) is -0.233. The van der Waals surface area contributed by atoms with E-state index in [2.05, 4.69) is 21.2 Å². The second-order valence-corrected chi connectivity index (χ2v) is 4.97. The van der Waals surface area contributed by atoms with Crippen molar-refractivity contribution in [3.8, 4) is 0 Å². The minimum atomic E-state index is -0.901. The first-order chi connectivity index (χ1) is 10.1. The lowest BCUT2D eigenvalue weighted by Crippen LogP contribution is -2.28. The fourth-order valence-corrected chi connectivity index (χ4v) is 1.87. The van der Waals surface area contributed by atoms with Gasteiger partial charge in [-0.15, -0.1) is 0 Å². The highest BCUT2D eigenvalue weighted by molar-refractivity contribution is 9.10. The zero-order valence-electron chi connectivity index (χ0n) is 10.8. The van der Waals surface area contributed by atoms with Gasteiger partial charge in [0, 0.05) is 4.47 Å². The summed E-state index contributed by atoms with van der Waals surface area (Å²) in [6, 6.07) is 7.28. The summed E-state index contributed by atoms with van der Waals surface area (Å²) in [4.78, 5) is 23.2. The van der Waals surface area contributed by atoms with Crippen molar-refractivity contribution in [3.63, 3.8) is 0 Å².